The van der Waals surface area contributed by atoms with Gasteiger partial charge >= 0.3 is 0 Å². The number of nitrogens with one attached hydrogen (secondary N) is 1. The Hall–Kier alpha value is -1.29. The lowest BCUT2D eigenvalue weighted by atomic mass is 10.2. The lowest BCUT2D eigenvalue weighted by Crippen LogP contribution is -2.43. The number of rotatable bonds is 4. The molecule has 1 aromatic rings. The number of hydrazine groups is 1. The number of sulfonamides is 1. The fraction of sp³-hybridized carbons (Fsp3) is 0.667. The molecule has 9 heteroatoms. The summed E-state index contributed by atoms with van der Waals surface area (Å²) in [5.41, 5.74) is 2.28. The molecule has 0 bridgehead atoms. The highest BCUT2D eigenvalue weighted by Gasteiger charge is 2.33. The van der Waals surface area contributed by atoms with Gasteiger partial charge in [0.05, 0.1) is 12.4 Å². The normalized spacial score (nSPS) is 22.0. The van der Waals surface area contributed by atoms with E-state index in [1.165, 1.54) is 12.4 Å². The van der Waals surface area contributed by atoms with Gasteiger partial charge in [0, 0.05) is 19.1 Å². The van der Waals surface area contributed by atoms with Crippen LogP contribution in [0.25, 0.3) is 0 Å². The topological polar surface area (TPSA) is 104 Å². The van der Waals surface area contributed by atoms with Gasteiger partial charge < -0.3 is 4.90 Å². The van der Waals surface area contributed by atoms with E-state index in [0.29, 0.717) is 6.54 Å². The summed E-state index contributed by atoms with van der Waals surface area (Å²) < 4.78 is 27.2. The highest BCUT2D eigenvalue weighted by molar-refractivity contribution is 7.89. The summed E-state index contributed by atoms with van der Waals surface area (Å²) in [6.45, 7) is 4.15. The molecule has 1 saturated heterocycles. The number of nitrogens with zero attached hydrogens (tertiary/aromatic N) is 4. The van der Waals surface area contributed by atoms with E-state index in [4.69, 9.17) is 5.84 Å². The molecule has 0 radical (unpaired) electrons. The average molecular weight is 314 g/mol. The van der Waals surface area contributed by atoms with Crippen LogP contribution in [-0.4, -0.2) is 60.3 Å². The highest BCUT2D eigenvalue weighted by atomic mass is 32.2. The predicted octanol–water partition coefficient (Wildman–Crippen LogP) is -0.133. The van der Waals surface area contributed by atoms with E-state index in [0.717, 1.165) is 25.9 Å². The second kappa shape index (κ2) is 6.65. The zero-order valence-corrected chi connectivity index (χ0v) is 13.2. The monoisotopic (exact) mass is 314 g/mol. The zero-order valence-electron chi connectivity index (χ0n) is 12.4. The van der Waals surface area contributed by atoms with Gasteiger partial charge in [0.25, 0.3) is 0 Å². The summed E-state index contributed by atoms with van der Waals surface area (Å²) in [5.74, 6) is 5.38. The maximum atomic E-state index is 12.8. The largest absolute Gasteiger partial charge is 0.305 e. The maximum absolute atomic E-state index is 12.8. The van der Waals surface area contributed by atoms with Crippen molar-refractivity contribution >= 4 is 16.0 Å². The fourth-order valence-electron chi connectivity index (χ4n) is 2.53. The zero-order chi connectivity index (χ0) is 15.5. The first-order chi connectivity index (χ1) is 9.98. The molecule has 0 spiro atoms. The van der Waals surface area contributed by atoms with Gasteiger partial charge in [0.2, 0.25) is 16.0 Å². The number of hydrogen-bond donors (Lipinski definition) is 2. The summed E-state index contributed by atoms with van der Waals surface area (Å²) in [6.07, 6.45) is 4.17. The Morgan fingerprint density at radius 3 is 2.62 bits per heavy atom. The fourth-order valence-corrected chi connectivity index (χ4v) is 4.15. The van der Waals surface area contributed by atoms with Gasteiger partial charge in [-0.2, -0.15) is 4.31 Å². The number of nitrogen functional groups attached to an aromatic ring is 1. The Balaban J connectivity index is 2.31. The van der Waals surface area contributed by atoms with Crippen LogP contribution in [0.15, 0.2) is 17.3 Å². The van der Waals surface area contributed by atoms with Gasteiger partial charge in [-0.1, -0.05) is 6.92 Å². The van der Waals surface area contributed by atoms with Crippen molar-refractivity contribution in [2.45, 2.75) is 30.7 Å². The van der Waals surface area contributed by atoms with Gasteiger partial charge in [-0.05, 0) is 26.4 Å². The molecule has 1 aromatic heterocycles. The molecule has 118 valence electrons. The minimum Gasteiger partial charge on any atom is -0.305 e. The minimum atomic E-state index is -3.58. The van der Waals surface area contributed by atoms with Crippen molar-refractivity contribution in [1.29, 1.82) is 0 Å². The van der Waals surface area contributed by atoms with Crippen LogP contribution in [0.2, 0.25) is 0 Å². The van der Waals surface area contributed by atoms with Gasteiger partial charge in [-0.3, -0.25) is 5.43 Å². The van der Waals surface area contributed by atoms with Gasteiger partial charge in [0.15, 0.2) is 0 Å². The summed E-state index contributed by atoms with van der Waals surface area (Å²) in [4.78, 5) is 10.0. The van der Waals surface area contributed by atoms with E-state index in [-0.39, 0.29) is 16.9 Å². The first kappa shape index (κ1) is 16.1. The second-order valence-electron chi connectivity index (χ2n) is 5.18. The van der Waals surface area contributed by atoms with Crippen molar-refractivity contribution in [2.24, 2.45) is 5.84 Å². The predicted molar refractivity (Wildman–Crippen MR) is 79.9 cm³/mol. The minimum absolute atomic E-state index is 0.0326. The van der Waals surface area contributed by atoms with Crippen LogP contribution in [-0.2, 0) is 10.0 Å². The lowest BCUT2D eigenvalue weighted by Gasteiger charge is -2.29. The quantitative estimate of drug-likeness (QED) is 0.589. The summed E-state index contributed by atoms with van der Waals surface area (Å²) >= 11 is 0. The third kappa shape index (κ3) is 3.49. The average Bonchev–Trinajstić information content (AvgIpc) is 2.68. The van der Waals surface area contributed by atoms with Crippen LogP contribution in [0.4, 0.5) is 5.95 Å². The summed E-state index contributed by atoms with van der Waals surface area (Å²) in [5, 5.41) is 0. The maximum Gasteiger partial charge on any atom is 0.246 e. The molecule has 0 aromatic carbocycles. The molecule has 1 fully saturated rings. The molecule has 1 unspecified atom stereocenters. The van der Waals surface area contributed by atoms with Crippen LogP contribution < -0.4 is 11.3 Å². The molecule has 0 aliphatic carbocycles. The number of anilines is 1. The molecular weight excluding hydrogens is 292 g/mol. The van der Waals surface area contributed by atoms with Crippen molar-refractivity contribution < 1.29 is 8.42 Å². The molecule has 8 nitrogen and oxygen atoms in total. The van der Waals surface area contributed by atoms with Crippen molar-refractivity contribution in [3.63, 3.8) is 0 Å². The van der Waals surface area contributed by atoms with E-state index >= 15 is 0 Å². The summed E-state index contributed by atoms with van der Waals surface area (Å²) in [7, 11) is -1.56. The highest BCUT2D eigenvalue weighted by Crippen LogP contribution is 2.22. The molecule has 2 rings (SSSR count). The van der Waals surface area contributed by atoms with Crippen molar-refractivity contribution in [1.82, 2.24) is 19.2 Å². The molecule has 0 saturated carbocycles. The van der Waals surface area contributed by atoms with Gasteiger partial charge in [0.1, 0.15) is 4.90 Å². The Morgan fingerprint density at radius 2 is 2.05 bits per heavy atom. The first-order valence-corrected chi connectivity index (χ1v) is 8.42. The van der Waals surface area contributed by atoms with Crippen LogP contribution in [0.3, 0.4) is 0 Å². The summed E-state index contributed by atoms with van der Waals surface area (Å²) in [6, 6.07) is -0.0326. The number of hydrogen-bond acceptors (Lipinski definition) is 7. The third-order valence-corrected chi connectivity index (χ3v) is 5.59. The van der Waals surface area contributed by atoms with Crippen LogP contribution in [0.1, 0.15) is 19.8 Å². The molecule has 0 amide bonds. The van der Waals surface area contributed by atoms with Crippen LogP contribution in [0, 0.1) is 0 Å². The van der Waals surface area contributed by atoms with E-state index in [1.54, 1.807) is 4.31 Å². The molecule has 1 atom stereocenters. The van der Waals surface area contributed by atoms with E-state index in [1.807, 2.05) is 14.0 Å². The van der Waals surface area contributed by atoms with Crippen molar-refractivity contribution in [2.75, 3.05) is 32.1 Å². The van der Waals surface area contributed by atoms with E-state index in [9.17, 15) is 8.42 Å². The molecule has 3 N–H and O–H groups in total. The lowest BCUT2D eigenvalue weighted by molar-refractivity contribution is 0.270. The van der Waals surface area contributed by atoms with Crippen molar-refractivity contribution in [3.05, 3.63) is 12.4 Å². The molecule has 1 aliphatic heterocycles. The Kier molecular flexibility index (Phi) is 5.09. The van der Waals surface area contributed by atoms with Gasteiger partial charge in [-0.25, -0.2) is 24.2 Å². The Bertz CT molecular complexity index is 562. The SMILES string of the molecule is CCC1CN(C)CCCN1S(=O)(=O)c1cnc(NN)nc1. The smallest absolute Gasteiger partial charge is 0.246 e. The van der Waals surface area contributed by atoms with Crippen LogP contribution in [0.5, 0.6) is 0 Å². The van der Waals surface area contributed by atoms with E-state index in [2.05, 4.69) is 20.3 Å². The Morgan fingerprint density at radius 1 is 1.38 bits per heavy atom. The molecule has 21 heavy (non-hydrogen) atoms. The number of aromatic nitrogens is 2. The van der Waals surface area contributed by atoms with Gasteiger partial charge in [-0.15, -0.1) is 0 Å². The van der Waals surface area contributed by atoms with E-state index < -0.39 is 10.0 Å². The second-order valence-corrected chi connectivity index (χ2v) is 7.07. The standard InChI is InChI=1S/C12H22N6O2S/c1-3-10-9-17(2)5-4-6-18(10)21(19,20)11-7-14-12(16-13)15-8-11/h7-8,10H,3-6,9,13H2,1-2H3,(H,14,15,16). The molecular formula is C12H22N6O2S. The Labute approximate surface area is 125 Å². The molecule has 2 heterocycles. The molecule has 1 aliphatic rings. The number of likely N-dealkylation sites (N-methyl/N-ethyl adjacent to an activating group) is 1. The van der Waals surface area contributed by atoms with Crippen LogP contribution >= 0.6 is 0 Å². The van der Waals surface area contributed by atoms with Crippen molar-refractivity contribution in [3.8, 4) is 0 Å². The third-order valence-electron chi connectivity index (χ3n) is 3.68. The number of nitrogens with two attached hydrogens (primary N) is 1. The first-order valence-electron chi connectivity index (χ1n) is 6.98.